The van der Waals surface area contributed by atoms with Gasteiger partial charge in [0.05, 0.1) is 5.39 Å². The zero-order chi connectivity index (χ0) is 21.1. The third-order valence-electron chi connectivity index (χ3n) is 6.25. The number of nitrogens with zero attached hydrogens (tertiary/aromatic N) is 4. The molecule has 8 heteroatoms. The quantitative estimate of drug-likeness (QED) is 0.709. The van der Waals surface area contributed by atoms with Crippen molar-refractivity contribution in [1.82, 2.24) is 24.8 Å². The lowest BCUT2D eigenvalue weighted by Crippen LogP contribution is -2.39. The van der Waals surface area contributed by atoms with Crippen LogP contribution in [-0.4, -0.2) is 83.1 Å². The summed E-state index contributed by atoms with van der Waals surface area (Å²) in [6.07, 6.45) is 10.2. The molecule has 0 bridgehead atoms. The van der Waals surface area contributed by atoms with Crippen molar-refractivity contribution in [3.8, 4) is 0 Å². The van der Waals surface area contributed by atoms with E-state index in [4.69, 9.17) is 4.74 Å². The zero-order valence-electron chi connectivity index (χ0n) is 18.1. The molecule has 0 aliphatic carbocycles. The number of carbonyl (C=O) groups excluding carboxylic acids is 1. The molecule has 0 spiro atoms. The molecule has 2 aliphatic heterocycles. The minimum absolute atomic E-state index is 0.0750. The van der Waals surface area contributed by atoms with Crippen molar-refractivity contribution in [1.29, 1.82) is 0 Å². The van der Waals surface area contributed by atoms with Gasteiger partial charge in [0.25, 0.3) is 0 Å². The predicted molar refractivity (Wildman–Crippen MR) is 118 cm³/mol. The smallest absolute Gasteiger partial charge is 0.246 e. The van der Waals surface area contributed by atoms with Crippen molar-refractivity contribution in [3.63, 3.8) is 0 Å². The summed E-state index contributed by atoms with van der Waals surface area (Å²) in [6.45, 7) is 5.21. The fourth-order valence-electron chi connectivity index (χ4n) is 4.51. The van der Waals surface area contributed by atoms with Gasteiger partial charge in [-0.1, -0.05) is 6.08 Å². The molecule has 0 saturated carbocycles. The lowest BCUT2D eigenvalue weighted by molar-refractivity contribution is -0.126. The van der Waals surface area contributed by atoms with E-state index in [1.165, 1.54) is 5.56 Å². The highest BCUT2D eigenvalue weighted by molar-refractivity contribution is 5.91. The standard InChI is InChI=1S/C22H32N6O2/c1-15-18(6-10-28(15)19(29)5-4-9-27(2)3)26-22-20-17(16-7-11-30-12-8-16)13-23-21(20)24-14-25-22/h4-5,13-16,18H,6-12H2,1-3H3,(H2,23,24,25,26)/b5-4+/t15-,18-/m1/s1. The summed E-state index contributed by atoms with van der Waals surface area (Å²) in [4.78, 5) is 28.9. The second-order valence-corrected chi connectivity index (χ2v) is 8.55. The monoisotopic (exact) mass is 412 g/mol. The van der Waals surface area contributed by atoms with Crippen LogP contribution in [0.25, 0.3) is 11.0 Å². The summed E-state index contributed by atoms with van der Waals surface area (Å²) in [5.41, 5.74) is 2.13. The van der Waals surface area contributed by atoms with Gasteiger partial charge in [-0.25, -0.2) is 9.97 Å². The summed E-state index contributed by atoms with van der Waals surface area (Å²) < 4.78 is 5.53. The second kappa shape index (κ2) is 9.14. The first kappa shape index (κ1) is 20.8. The summed E-state index contributed by atoms with van der Waals surface area (Å²) in [5.74, 6) is 1.39. The van der Waals surface area contributed by atoms with Gasteiger partial charge in [-0.15, -0.1) is 0 Å². The van der Waals surface area contributed by atoms with Crippen molar-refractivity contribution in [2.24, 2.45) is 0 Å². The Hall–Kier alpha value is -2.45. The topological polar surface area (TPSA) is 86.4 Å². The zero-order valence-corrected chi connectivity index (χ0v) is 18.1. The van der Waals surface area contributed by atoms with Gasteiger partial charge in [0, 0.05) is 50.7 Å². The van der Waals surface area contributed by atoms with Crippen LogP contribution in [0.2, 0.25) is 0 Å². The number of rotatable bonds is 6. The molecular formula is C22H32N6O2. The van der Waals surface area contributed by atoms with Gasteiger partial charge in [-0.2, -0.15) is 0 Å². The van der Waals surface area contributed by atoms with Gasteiger partial charge < -0.3 is 24.8 Å². The normalized spacial score (nSPS) is 23.1. The molecule has 0 radical (unpaired) electrons. The molecule has 1 amide bonds. The van der Waals surface area contributed by atoms with Crippen LogP contribution in [-0.2, 0) is 9.53 Å². The first-order valence-electron chi connectivity index (χ1n) is 10.8. The van der Waals surface area contributed by atoms with E-state index in [0.717, 1.165) is 62.4 Å². The first-order chi connectivity index (χ1) is 14.5. The average molecular weight is 413 g/mol. The molecular weight excluding hydrogens is 380 g/mol. The van der Waals surface area contributed by atoms with Crippen molar-refractivity contribution < 1.29 is 9.53 Å². The molecule has 162 valence electrons. The Bertz CT molecular complexity index is 902. The molecule has 2 atom stereocenters. The molecule has 0 aromatic carbocycles. The van der Waals surface area contributed by atoms with E-state index in [0.29, 0.717) is 5.92 Å². The Morgan fingerprint density at radius 1 is 1.33 bits per heavy atom. The number of amides is 1. The molecule has 2 saturated heterocycles. The van der Waals surface area contributed by atoms with Crippen LogP contribution in [0.3, 0.4) is 0 Å². The van der Waals surface area contributed by atoms with Crippen LogP contribution in [0.1, 0.15) is 37.7 Å². The number of fused-ring (bicyclic) bond motifs is 1. The van der Waals surface area contributed by atoms with Crippen molar-refractivity contribution >= 4 is 22.8 Å². The number of aromatic nitrogens is 3. The summed E-state index contributed by atoms with van der Waals surface area (Å²) in [5, 5.41) is 4.71. The van der Waals surface area contributed by atoms with Crippen LogP contribution in [0, 0.1) is 0 Å². The Kier molecular flexibility index (Phi) is 6.34. The molecule has 2 aliphatic rings. The molecule has 8 nitrogen and oxygen atoms in total. The van der Waals surface area contributed by atoms with E-state index < -0.39 is 0 Å². The molecule has 2 aromatic rings. The van der Waals surface area contributed by atoms with E-state index in [9.17, 15) is 4.79 Å². The number of ether oxygens (including phenoxy) is 1. The maximum Gasteiger partial charge on any atom is 0.246 e. The third kappa shape index (κ3) is 4.34. The Morgan fingerprint density at radius 3 is 2.90 bits per heavy atom. The SMILES string of the molecule is C[C@@H]1[C@H](Nc2ncnc3[nH]cc(C4CCOCC4)c23)CCN1C(=O)/C=C/CN(C)C. The average Bonchev–Trinajstić information content (AvgIpc) is 3.33. The number of nitrogens with one attached hydrogen (secondary N) is 2. The second-order valence-electron chi connectivity index (χ2n) is 8.55. The van der Waals surface area contributed by atoms with E-state index in [-0.39, 0.29) is 18.0 Å². The maximum atomic E-state index is 12.6. The van der Waals surface area contributed by atoms with Gasteiger partial charge in [-0.05, 0) is 51.8 Å². The van der Waals surface area contributed by atoms with Crippen LogP contribution >= 0.6 is 0 Å². The van der Waals surface area contributed by atoms with E-state index in [2.05, 4.69) is 33.4 Å². The van der Waals surface area contributed by atoms with Crippen LogP contribution in [0.4, 0.5) is 5.82 Å². The number of aromatic amines is 1. The van der Waals surface area contributed by atoms with Crippen molar-refractivity contribution in [2.75, 3.05) is 45.7 Å². The molecule has 2 aromatic heterocycles. The van der Waals surface area contributed by atoms with Crippen LogP contribution in [0.15, 0.2) is 24.7 Å². The predicted octanol–water partition coefficient (Wildman–Crippen LogP) is 2.37. The molecule has 0 unspecified atom stereocenters. The lowest BCUT2D eigenvalue weighted by atomic mass is 9.92. The van der Waals surface area contributed by atoms with Crippen LogP contribution in [0.5, 0.6) is 0 Å². The Morgan fingerprint density at radius 2 is 2.13 bits per heavy atom. The maximum absolute atomic E-state index is 12.6. The van der Waals surface area contributed by atoms with Crippen molar-refractivity contribution in [2.45, 2.75) is 44.2 Å². The number of carbonyl (C=O) groups is 1. The number of likely N-dealkylation sites (N-methyl/N-ethyl adjacent to an activating group) is 1. The fraction of sp³-hybridized carbons (Fsp3) is 0.591. The van der Waals surface area contributed by atoms with Gasteiger partial charge in [0.15, 0.2) is 0 Å². The first-order valence-corrected chi connectivity index (χ1v) is 10.8. The third-order valence-corrected chi connectivity index (χ3v) is 6.25. The molecule has 2 fully saturated rings. The summed E-state index contributed by atoms with van der Waals surface area (Å²) >= 11 is 0. The fourth-order valence-corrected chi connectivity index (χ4v) is 4.51. The van der Waals surface area contributed by atoms with Gasteiger partial charge in [0.2, 0.25) is 5.91 Å². The molecule has 2 N–H and O–H groups in total. The highest BCUT2D eigenvalue weighted by atomic mass is 16.5. The largest absolute Gasteiger partial charge is 0.381 e. The number of hydrogen-bond donors (Lipinski definition) is 2. The molecule has 30 heavy (non-hydrogen) atoms. The number of hydrogen-bond acceptors (Lipinski definition) is 6. The number of anilines is 1. The van der Waals surface area contributed by atoms with Crippen LogP contribution < -0.4 is 5.32 Å². The van der Waals surface area contributed by atoms with Gasteiger partial charge >= 0.3 is 0 Å². The molecule has 4 heterocycles. The van der Waals surface area contributed by atoms with Gasteiger partial charge in [0.1, 0.15) is 17.8 Å². The minimum atomic E-state index is 0.0750. The van der Waals surface area contributed by atoms with E-state index in [1.807, 2.05) is 30.0 Å². The minimum Gasteiger partial charge on any atom is -0.381 e. The summed E-state index contributed by atoms with van der Waals surface area (Å²) in [7, 11) is 3.98. The van der Waals surface area contributed by atoms with E-state index in [1.54, 1.807) is 12.4 Å². The highest BCUT2D eigenvalue weighted by Crippen LogP contribution is 2.35. The Labute approximate surface area is 177 Å². The van der Waals surface area contributed by atoms with E-state index >= 15 is 0 Å². The van der Waals surface area contributed by atoms with Gasteiger partial charge in [-0.3, -0.25) is 4.79 Å². The summed E-state index contributed by atoms with van der Waals surface area (Å²) in [6, 6.07) is 0.253. The number of H-pyrrole nitrogens is 1. The lowest BCUT2D eigenvalue weighted by Gasteiger charge is -2.25. The number of likely N-dealkylation sites (tertiary alicyclic amines) is 1. The molecule has 4 rings (SSSR count). The Balaban J connectivity index is 1.50. The van der Waals surface area contributed by atoms with Crippen molar-refractivity contribution in [3.05, 3.63) is 30.2 Å². The highest BCUT2D eigenvalue weighted by Gasteiger charge is 2.34.